The van der Waals surface area contributed by atoms with Crippen molar-refractivity contribution in [2.75, 3.05) is 33.9 Å². The van der Waals surface area contributed by atoms with Gasteiger partial charge in [-0.15, -0.1) is 0 Å². The molecule has 1 aliphatic rings. The fraction of sp³-hybridized carbons (Fsp3) is 0.800. The maximum absolute atomic E-state index is 11.2. The fourth-order valence-electron chi connectivity index (χ4n) is 1.75. The molecule has 0 spiro atoms. The smallest absolute Gasteiger partial charge is 0.310 e. The van der Waals surface area contributed by atoms with E-state index in [1.807, 2.05) is 0 Å². The summed E-state index contributed by atoms with van der Waals surface area (Å²) in [5.41, 5.74) is 0. The maximum atomic E-state index is 11.2. The van der Waals surface area contributed by atoms with Crippen LogP contribution in [0.25, 0.3) is 0 Å². The molecule has 0 amide bonds. The van der Waals surface area contributed by atoms with Gasteiger partial charge < -0.3 is 14.4 Å². The van der Waals surface area contributed by atoms with Gasteiger partial charge in [-0.2, -0.15) is 0 Å². The average molecular weight is 215 g/mol. The number of nitrogens with zero attached hydrogens (tertiary/aromatic N) is 1. The van der Waals surface area contributed by atoms with E-state index in [1.54, 1.807) is 0 Å². The average Bonchev–Trinajstić information content (AvgIpc) is 2.73. The van der Waals surface area contributed by atoms with Crippen molar-refractivity contribution >= 4 is 11.9 Å². The molecule has 0 aromatic carbocycles. The van der Waals surface area contributed by atoms with Gasteiger partial charge in [0, 0.05) is 13.1 Å². The topological polar surface area (TPSA) is 55.8 Å². The first kappa shape index (κ1) is 12.0. The van der Waals surface area contributed by atoms with E-state index < -0.39 is 0 Å². The number of carbonyl (C=O) groups is 2. The summed E-state index contributed by atoms with van der Waals surface area (Å²) < 4.78 is 9.22. The summed E-state index contributed by atoms with van der Waals surface area (Å²) in [4.78, 5) is 24.2. The van der Waals surface area contributed by atoms with Crippen molar-refractivity contribution < 1.29 is 19.1 Å². The highest BCUT2D eigenvalue weighted by atomic mass is 16.5. The SMILES string of the molecule is COC(=O)CCN1CCC(C(=O)OC)C1. The summed E-state index contributed by atoms with van der Waals surface area (Å²) >= 11 is 0. The second kappa shape index (κ2) is 5.70. The molecule has 0 N–H and O–H groups in total. The van der Waals surface area contributed by atoms with E-state index in [9.17, 15) is 9.59 Å². The molecule has 1 atom stereocenters. The third kappa shape index (κ3) is 3.51. The Balaban J connectivity index is 2.24. The molecular weight excluding hydrogens is 198 g/mol. The lowest BCUT2D eigenvalue weighted by molar-refractivity contribution is -0.144. The molecule has 0 aliphatic carbocycles. The van der Waals surface area contributed by atoms with E-state index >= 15 is 0 Å². The Morgan fingerprint density at radius 1 is 1.33 bits per heavy atom. The lowest BCUT2D eigenvalue weighted by Gasteiger charge is -2.14. The number of likely N-dealkylation sites (tertiary alicyclic amines) is 1. The molecule has 1 heterocycles. The monoisotopic (exact) mass is 215 g/mol. The summed E-state index contributed by atoms with van der Waals surface area (Å²) in [6.07, 6.45) is 1.19. The third-order valence-electron chi connectivity index (χ3n) is 2.67. The van der Waals surface area contributed by atoms with Crippen LogP contribution in [0.5, 0.6) is 0 Å². The van der Waals surface area contributed by atoms with Crippen LogP contribution in [0.1, 0.15) is 12.8 Å². The summed E-state index contributed by atoms with van der Waals surface area (Å²) in [5, 5.41) is 0. The van der Waals surface area contributed by atoms with Gasteiger partial charge in [0.15, 0.2) is 0 Å². The van der Waals surface area contributed by atoms with Crippen LogP contribution in [0.15, 0.2) is 0 Å². The molecule has 1 aliphatic heterocycles. The largest absolute Gasteiger partial charge is 0.469 e. The van der Waals surface area contributed by atoms with Crippen molar-refractivity contribution in [1.82, 2.24) is 4.90 Å². The van der Waals surface area contributed by atoms with E-state index in [0.717, 1.165) is 13.0 Å². The summed E-state index contributed by atoms with van der Waals surface area (Å²) in [6, 6.07) is 0. The van der Waals surface area contributed by atoms with Gasteiger partial charge in [-0.05, 0) is 13.0 Å². The molecule has 15 heavy (non-hydrogen) atoms. The van der Waals surface area contributed by atoms with Crippen LogP contribution in [0, 0.1) is 5.92 Å². The lowest BCUT2D eigenvalue weighted by Crippen LogP contribution is -2.26. The first-order valence-electron chi connectivity index (χ1n) is 5.04. The normalized spacial score (nSPS) is 21.3. The minimum Gasteiger partial charge on any atom is -0.469 e. The van der Waals surface area contributed by atoms with Crippen LogP contribution in [0.2, 0.25) is 0 Å². The first-order valence-corrected chi connectivity index (χ1v) is 5.04. The Morgan fingerprint density at radius 2 is 2.07 bits per heavy atom. The van der Waals surface area contributed by atoms with E-state index in [0.29, 0.717) is 19.5 Å². The molecule has 0 bridgehead atoms. The predicted octanol–water partition coefficient (Wildman–Crippen LogP) is 0.0444. The highest BCUT2D eigenvalue weighted by molar-refractivity contribution is 5.73. The van der Waals surface area contributed by atoms with Gasteiger partial charge in [0.25, 0.3) is 0 Å². The quantitative estimate of drug-likeness (QED) is 0.620. The van der Waals surface area contributed by atoms with Crippen molar-refractivity contribution in [1.29, 1.82) is 0 Å². The molecular formula is C10H17NO4. The number of hydrogen-bond acceptors (Lipinski definition) is 5. The minimum absolute atomic E-state index is 0.0346. The van der Waals surface area contributed by atoms with Gasteiger partial charge >= 0.3 is 11.9 Å². The second-order valence-electron chi connectivity index (χ2n) is 3.64. The van der Waals surface area contributed by atoms with Crippen LogP contribution in [0.3, 0.4) is 0 Å². The van der Waals surface area contributed by atoms with Crippen molar-refractivity contribution in [2.24, 2.45) is 5.92 Å². The zero-order valence-corrected chi connectivity index (χ0v) is 9.19. The lowest BCUT2D eigenvalue weighted by atomic mass is 10.1. The Morgan fingerprint density at radius 3 is 2.67 bits per heavy atom. The van der Waals surface area contributed by atoms with E-state index in [4.69, 9.17) is 0 Å². The Bertz CT molecular complexity index is 242. The van der Waals surface area contributed by atoms with Crippen LogP contribution in [-0.2, 0) is 19.1 Å². The minimum atomic E-state index is -0.212. The molecule has 5 nitrogen and oxygen atoms in total. The van der Waals surface area contributed by atoms with Crippen LogP contribution in [0.4, 0.5) is 0 Å². The molecule has 0 radical (unpaired) electrons. The van der Waals surface area contributed by atoms with E-state index in [2.05, 4.69) is 14.4 Å². The van der Waals surface area contributed by atoms with Crippen LogP contribution < -0.4 is 0 Å². The van der Waals surface area contributed by atoms with Crippen LogP contribution in [-0.4, -0.2) is 50.7 Å². The molecule has 1 fully saturated rings. The summed E-state index contributed by atoms with van der Waals surface area (Å²) in [5.74, 6) is -0.403. The van der Waals surface area contributed by atoms with Crippen molar-refractivity contribution in [3.8, 4) is 0 Å². The van der Waals surface area contributed by atoms with Crippen molar-refractivity contribution in [3.63, 3.8) is 0 Å². The van der Waals surface area contributed by atoms with Crippen molar-refractivity contribution in [3.05, 3.63) is 0 Å². The van der Waals surface area contributed by atoms with Gasteiger partial charge in [-0.1, -0.05) is 0 Å². The standard InChI is InChI=1S/C10H17NO4/c1-14-9(12)4-6-11-5-3-8(7-11)10(13)15-2/h8H,3-7H2,1-2H3. The Hall–Kier alpha value is -1.10. The van der Waals surface area contributed by atoms with Crippen LogP contribution >= 0.6 is 0 Å². The van der Waals surface area contributed by atoms with Gasteiger partial charge in [0.2, 0.25) is 0 Å². The van der Waals surface area contributed by atoms with E-state index in [1.165, 1.54) is 14.2 Å². The van der Waals surface area contributed by atoms with Gasteiger partial charge in [0.1, 0.15) is 0 Å². The third-order valence-corrected chi connectivity index (χ3v) is 2.67. The molecule has 0 saturated carbocycles. The zero-order chi connectivity index (χ0) is 11.3. The molecule has 1 saturated heterocycles. The summed E-state index contributed by atoms with van der Waals surface area (Å²) in [6.45, 7) is 2.18. The van der Waals surface area contributed by atoms with Crippen molar-refractivity contribution in [2.45, 2.75) is 12.8 Å². The fourth-order valence-corrected chi connectivity index (χ4v) is 1.75. The second-order valence-corrected chi connectivity index (χ2v) is 3.64. The first-order chi connectivity index (χ1) is 7.17. The zero-order valence-electron chi connectivity index (χ0n) is 9.19. The molecule has 1 rings (SSSR count). The predicted molar refractivity (Wildman–Crippen MR) is 53.2 cm³/mol. The number of carbonyl (C=O) groups excluding carboxylic acids is 2. The molecule has 5 heteroatoms. The highest BCUT2D eigenvalue weighted by Gasteiger charge is 2.28. The Labute approximate surface area is 89.3 Å². The van der Waals surface area contributed by atoms with E-state index in [-0.39, 0.29) is 17.9 Å². The molecule has 0 aromatic heterocycles. The number of methoxy groups -OCH3 is 2. The number of ether oxygens (including phenoxy) is 2. The number of hydrogen-bond donors (Lipinski definition) is 0. The molecule has 86 valence electrons. The molecule has 0 aromatic rings. The van der Waals surface area contributed by atoms with Gasteiger partial charge in [-0.3, -0.25) is 9.59 Å². The van der Waals surface area contributed by atoms with Gasteiger partial charge in [0.05, 0.1) is 26.6 Å². The highest BCUT2D eigenvalue weighted by Crippen LogP contribution is 2.17. The van der Waals surface area contributed by atoms with Gasteiger partial charge in [-0.25, -0.2) is 0 Å². The maximum Gasteiger partial charge on any atom is 0.310 e. The number of rotatable bonds is 4. The Kier molecular flexibility index (Phi) is 4.55. The molecule has 1 unspecified atom stereocenters. The summed E-state index contributed by atoms with van der Waals surface area (Å²) in [7, 11) is 2.78. The number of esters is 2.